The molecular weight excluding hydrogens is 260 g/mol. The van der Waals surface area contributed by atoms with E-state index in [9.17, 15) is 0 Å². The third-order valence-corrected chi connectivity index (χ3v) is 3.69. The van der Waals surface area contributed by atoms with Crippen LogP contribution in [0.1, 0.15) is 26.1 Å². The standard InChI is InChI=1S/C17H28N4/c1-5-11-21-16-10-8-7-9-15(16)19-17(21)12-14(18-6-2)13-20(3)4/h7-10,14,18H,5-6,11-13H2,1-4H3. The molecule has 0 saturated carbocycles. The zero-order valence-corrected chi connectivity index (χ0v) is 13.8. The Hall–Kier alpha value is -1.39. The molecule has 21 heavy (non-hydrogen) atoms. The van der Waals surface area contributed by atoms with Crippen LogP contribution in [0.3, 0.4) is 0 Å². The predicted molar refractivity (Wildman–Crippen MR) is 89.7 cm³/mol. The first-order chi connectivity index (χ1) is 10.2. The first-order valence-electron chi connectivity index (χ1n) is 7.98. The van der Waals surface area contributed by atoms with Gasteiger partial charge in [0.05, 0.1) is 11.0 Å². The van der Waals surface area contributed by atoms with Gasteiger partial charge in [0.15, 0.2) is 0 Å². The molecule has 4 nitrogen and oxygen atoms in total. The molecule has 1 heterocycles. The lowest BCUT2D eigenvalue weighted by molar-refractivity contribution is 0.334. The summed E-state index contributed by atoms with van der Waals surface area (Å²) in [4.78, 5) is 7.10. The number of benzene rings is 1. The van der Waals surface area contributed by atoms with Crippen molar-refractivity contribution in [1.29, 1.82) is 0 Å². The largest absolute Gasteiger partial charge is 0.328 e. The Morgan fingerprint density at radius 3 is 2.67 bits per heavy atom. The molecule has 0 radical (unpaired) electrons. The topological polar surface area (TPSA) is 33.1 Å². The van der Waals surface area contributed by atoms with Gasteiger partial charge in [-0.05, 0) is 39.2 Å². The fraction of sp³-hybridized carbons (Fsp3) is 0.588. The highest BCUT2D eigenvalue weighted by atomic mass is 15.1. The summed E-state index contributed by atoms with van der Waals surface area (Å²) in [5.74, 6) is 1.20. The highest BCUT2D eigenvalue weighted by Crippen LogP contribution is 2.17. The van der Waals surface area contributed by atoms with Gasteiger partial charge in [-0.15, -0.1) is 0 Å². The van der Waals surface area contributed by atoms with Crippen LogP contribution in [0.25, 0.3) is 11.0 Å². The fourth-order valence-corrected chi connectivity index (χ4v) is 2.91. The normalized spacial score (nSPS) is 13.2. The summed E-state index contributed by atoms with van der Waals surface area (Å²) in [6, 6.07) is 8.89. The van der Waals surface area contributed by atoms with Crippen LogP contribution in [0.5, 0.6) is 0 Å². The summed E-state index contributed by atoms with van der Waals surface area (Å²) in [6.07, 6.45) is 2.10. The maximum absolute atomic E-state index is 4.87. The average molecular weight is 288 g/mol. The molecule has 2 aromatic rings. The molecule has 1 unspecified atom stereocenters. The summed E-state index contributed by atoms with van der Waals surface area (Å²) >= 11 is 0. The van der Waals surface area contributed by atoms with Crippen LogP contribution in [-0.2, 0) is 13.0 Å². The van der Waals surface area contributed by atoms with Crippen molar-refractivity contribution in [3.05, 3.63) is 30.1 Å². The summed E-state index contributed by atoms with van der Waals surface area (Å²) in [5, 5.41) is 3.58. The predicted octanol–water partition coefficient (Wildman–Crippen LogP) is 2.53. The van der Waals surface area contributed by atoms with Crippen molar-refractivity contribution in [1.82, 2.24) is 19.8 Å². The highest BCUT2D eigenvalue weighted by Gasteiger charge is 2.16. The third kappa shape index (κ3) is 4.05. The number of para-hydroxylation sites is 2. The van der Waals surface area contributed by atoms with E-state index in [1.54, 1.807) is 0 Å². The van der Waals surface area contributed by atoms with Crippen LogP contribution in [0.15, 0.2) is 24.3 Å². The summed E-state index contributed by atoms with van der Waals surface area (Å²) in [5.41, 5.74) is 2.37. The Morgan fingerprint density at radius 1 is 1.24 bits per heavy atom. The molecule has 0 aliphatic rings. The second-order valence-electron chi connectivity index (χ2n) is 5.89. The van der Waals surface area contributed by atoms with Gasteiger partial charge in [-0.25, -0.2) is 4.98 Å². The van der Waals surface area contributed by atoms with E-state index in [1.807, 2.05) is 0 Å². The fourth-order valence-electron chi connectivity index (χ4n) is 2.91. The van der Waals surface area contributed by atoms with E-state index in [1.165, 1.54) is 11.3 Å². The minimum absolute atomic E-state index is 0.442. The van der Waals surface area contributed by atoms with Crippen molar-refractivity contribution in [3.8, 4) is 0 Å². The highest BCUT2D eigenvalue weighted by molar-refractivity contribution is 5.75. The quantitative estimate of drug-likeness (QED) is 0.810. The third-order valence-electron chi connectivity index (χ3n) is 3.69. The zero-order chi connectivity index (χ0) is 15.2. The maximum atomic E-state index is 4.87. The molecule has 1 N–H and O–H groups in total. The smallest absolute Gasteiger partial charge is 0.111 e. The first-order valence-corrected chi connectivity index (χ1v) is 7.98. The van der Waals surface area contributed by atoms with Gasteiger partial charge in [-0.1, -0.05) is 26.0 Å². The summed E-state index contributed by atoms with van der Waals surface area (Å²) in [7, 11) is 4.25. The summed E-state index contributed by atoms with van der Waals surface area (Å²) < 4.78 is 2.38. The molecule has 0 saturated heterocycles. The number of hydrogen-bond donors (Lipinski definition) is 1. The van der Waals surface area contributed by atoms with E-state index in [0.29, 0.717) is 6.04 Å². The van der Waals surface area contributed by atoms with E-state index >= 15 is 0 Å². The molecule has 2 rings (SSSR count). The van der Waals surface area contributed by atoms with Crippen molar-refractivity contribution < 1.29 is 0 Å². The average Bonchev–Trinajstić information content (AvgIpc) is 2.77. The Labute approximate surface area is 128 Å². The van der Waals surface area contributed by atoms with Gasteiger partial charge in [-0.3, -0.25) is 0 Å². The second-order valence-corrected chi connectivity index (χ2v) is 5.89. The Bertz CT molecular complexity index is 559. The second kappa shape index (κ2) is 7.57. The lowest BCUT2D eigenvalue weighted by Crippen LogP contribution is -2.40. The van der Waals surface area contributed by atoms with Crippen molar-refractivity contribution >= 4 is 11.0 Å². The molecule has 0 spiro atoms. The number of imidazole rings is 1. The van der Waals surface area contributed by atoms with Crippen molar-refractivity contribution in [3.63, 3.8) is 0 Å². The van der Waals surface area contributed by atoms with E-state index in [4.69, 9.17) is 4.98 Å². The molecule has 0 fully saturated rings. The number of nitrogens with one attached hydrogen (secondary N) is 1. The molecule has 1 atom stereocenters. The zero-order valence-electron chi connectivity index (χ0n) is 13.8. The molecule has 1 aromatic carbocycles. The van der Waals surface area contributed by atoms with Crippen molar-refractivity contribution in [2.45, 2.75) is 39.3 Å². The van der Waals surface area contributed by atoms with E-state index in [-0.39, 0.29) is 0 Å². The molecule has 0 aliphatic heterocycles. The van der Waals surface area contributed by atoms with Gasteiger partial charge >= 0.3 is 0 Å². The van der Waals surface area contributed by atoms with Crippen LogP contribution in [0.2, 0.25) is 0 Å². The minimum Gasteiger partial charge on any atom is -0.328 e. The van der Waals surface area contributed by atoms with Crippen LogP contribution >= 0.6 is 0 Å². The molecule has 116 valence electrons. The minimum atomic E-state index is 0.442. The van der Waals surface area contributed by atoms with Crippen LogP contribution in [0.4, 0.5) is 0 Å². The number of hydrogen-bond acceptors (Lipinski definition) is 3. The van der Waals surface area contributed by atoms with E-state index in [0.717, 1.165) is 38.0 Å². The number of aromatic nitrogens is 2. The molecule has 4 heteroatoms. The Morgan fingerprint density at radius 2 is 2.00 bits per heavy atom. The van der Waals surface area contributed by atoms with Gasteiger partial charge in [0.1, 0.15) is 5.82 Å². The van der Waals surface area contributed by atoms with E-state index < -0.39 is 0 Å². The molecule has 0 amide bonds. The Balaban J connectivity index is 2.28. The molecule has 1 aromatic heterocycles. The van der Waals surface area contributed by atoms with Gasteiger partial charge in [0.2, 0.25) is 0 Å². The summed E-state index contributed by atoms with van der Waals surface area (Å²) in [6.45, 7) is 7.45. The lowest BCUT2D eigenvalue weighted by atomic mass is 10.2. The van der Waals surface area contributed by atoms with Crippen LogP contribution < -0.4 is 5.32 Å². The molecule has 0 aliphatic carbocycles. The Kier molecular flexibility index (Phi) is 5.76. The number of aryl methyl sites for hydroxylation is 1. The van der Waals surface area contributed by atoms with Gasteiger partial charge in [0, 0.05) is 25.6 Å². The number of nitrogens with zero attached hydrogens (tertiary/aromatic N) is 3. The van der Waals surface area contributed by atoms with Gasteiger partial charge < -0.3 is 14.8 Å². The van der Waals surface area contributed by atoms with Crippen LogP contribution in [-0.4, -0.2) is 47.7 Å². The lowest BCUT2D eigenvalue weighted by Gasteiger charge is -2.22. The first kappa shape index (κ1) is 16.0. The van der Waals surface area contributed by atoms with Crippen molar-refractivity contribution in [2.75, 3.05) is 27.2 Å². The number of rotatable bonds is 8. The van der Waals surface area contributed by atoms with E-state index in [2.05, 4.69) is 67.0 Å². The van der Waals surface area contributed by atoms with Gasteiger partial charge in [-0.2, -0.15) is 0 Å². The SMILES string of the molecule is CCCn1c(CC(CN(C)C)NCC)nc2ccccc21. The van der Waals surface area contributed by atoms with Crippen LogP contribution in [0, 0.1) is 0 Å². The van der Waals surface area contributed by atoms with Gasteiger partial charge in [0.25, 0.3) is 0 Å². The molecule has 0 bridgehead atoms. The monoisotopic (exact) mass is 288 g/mol. The molecular formula is C17H28N4. The maximum Gasteiger partial charge on any atom is 0.111 e. The van der Waals surface area contributed by atoms with Crippen molar-refractivity contribution in [2.24, 2.45) is 0 Å². The number of fused-ring (bicyclic) bond motifs is 1. The number of likely N-dealkylation sites (N-methyl/N-ethyl adjacent to an activating group) is 2.